The van der Waals surface area contributed by atoms with Gasteiger partial charge in [-0.15, -0.1) is 0 Å². The van der Waals surface area contributed by atoms with Gasteiger partial charge < -0.3 is 10.2 Å². The SMILES string of the molecule is CC[NH+](CC)CCCNc1c(C)c(C)nc2cc(-c3cccc(C)c3)nn12. The molecule has 1 aromatic carbocycles. The molecule has 0 saturated heterocycles. The van der Waals surface area contributed by atoms with Gasteiger partial charge in [0.25, 0.3) is 0 Å². The van der Waals surface area contributed by atoms with E-state index >= 15 is 0 Å². The van der Waals surface area contributed by atoms with Gasteiger partial charge >= 0.3 is 0 Å². The average Bonchev–Trinajstić information content (AvgIpc) is 3.08. The van der Waals surface area contributed by atoms with Crippen LogP contribution in [-0.2, 0) is 0 Å². The number of hydrogen-bond acceptors (Lipinski definition) is 3. The van der Waals surface area contributed by atoms with Gasteiger partial charge in [0.1, 0.15) is 5.82 Å². The smallest absolute Gasteiger partial charge is 0.158 e. The lowest BCUT2D eigenvalue weighted by Crippen LogP contribution is -3.11. The Morgan fingerprint density at radius 1 is 1.07 bits per heavy atom. The van der Waals surface area contributed by atoms with Gasteiger partial charge in [-0.05, 0) is 40.7 Å². The molecule has 27 heavy (non-hydrogen) atoms. The normalized spacial score (nSPS) is 11.5. The highest BCUT2D eigenvalue weighted by atomic mass is 15.3. The van der Waals surface area contributed by atoms with E-state index in [9.17, 15) is 0 Å². The van der Waals surface area contributed by atoms with E-state index in [0.29, 0.717) is 0 Å². The Morgan fingerprint density at radius 3 is 2.56 bits per heavy atom. The first-order chi connectivity index (χ1) is 13.0. The molecule has 0 saturated carbocycles. The summed E-state index contributed by atoms with van der Waals surface area (Å²) in [6.07, 6.45) is 1.14. The molecular formula is C22H32N5+. The average molecular weight is 367 g/mol. The summed E-state index contributed by atoms with van der Waals surface area (Å²) in [5.74, 6) is 1.06. The van der Waals surface area contributed by atoms with Crippen molar-refractivity contribution in [2.24, 2.45) is 0 Å². The summed E-state index contributed by atoms with van der Waals surface area (Å²) in [5, 5.41) is 8.48. The Balaban J connectivity index is 1.86. The first kappa shape index (κ1) is 19.4. The van der Waals surface area contributed by atoms with Crippen LogP contribution >= 0.6 is 0 Å². The molecule has 0 aliphatic rings. The fourth-order valence-electron chi connectivity index (χ4n) is 3.50. The fraction of sp³-hybridized carbons (Fsp3) is 0.455. The molecule has 5 heteroatoms. The van der Waals surface area contributed by atoms with Gasteiger partial charge in [0.15, 0.2) is 5.65 Å². The van der Waals surface area contributed by atoms with Crippen LogP contribution in [0.2, 0.25) is 0 Å². The Bertz CT molecular complexity index is 908. The number of aromatic nitrogens is 3. The molecule has 0 bridgehead atoms. The first-order valence-electron chi connectivity index (χ1n) is 10.0. The summed E-state index contributed by atoms with van der Waals surface area (Å²) in [6, 6.07) is 10.5. The van der Waals surface area contributed by atoms with Crippen LogP contribution < -0.4 is 10.2 Å². The van der Waals surface area contributed by atoms with Crippen molar-refractivity contribution in [3.05, 3.63) is 47.2 Å². The number of anilines is 1. The molecule has 0 aliphatic heterocycles. The van der Waals surface area contributed by atoms with Crippen molar-refractivity contribution < 1.29 is 4.90 Å². The number of aryl methyl sites for hydroxylation is 2. The summed E-state index contributed by atoms with van der Waals surface area (Å²) in [6.45, 7) is 15.3. The van der Waals surface area contributed by atoms with E-state index in [4.69, 9.17) is 10.1 Å². The van der Waals surface area contributed by atoms with E-state index in [0.717, 1.165) is 46.9 Å². The molecule has 0 unspecified atom stereocenters. The molecule has 144 valence electrons. The molecule has 5 nitrogen and oxygen atoms in total. The molecular weight excluding hydrogens is 334 g/mol. The molecule has 0 spiro atoms. The van der Waals surface area contributed by atoms with Crippen LogP contribution in [0.3, 0.4) is 0 Å². The van der Waals surface area contributed by atoms with Crippen LogP contribution in [0.15, 0.2) is 30.3 Å². The minimum absolute atomic E-state index is 0.895. The van der Waals surface area contributed by atoms with Crippen LogP contribution in [0.1, 0.15) is 37.1 Å². The zero-order valence-corrected chi connectivity index (χ0v) is 17.3. The summed E-state index contributed by atoms with van der Waals surface area (Å²) in [5.41, 5.74) is 6.44. The summed E-state index contributed by atoms with van der Waals surface area (Å²) >= 11 is 0. The summed E-state index contributed by atoms with van der Waals surface area (Å²) in [4.78, 5) is 6.39. The van der Waals surface area contributed by atoms with E-state index < -0.39 is 0 Å². The van der Waals surface area contributed by atoms with E-state index in [1.54, 1.807) is 4.90 Å². The van der Waals surface area contributed by atoms with E-state index in [1.165, 1.54) is 25.2 Å². The van der Waals surface area contributed by atoms with Gasteiger partial charge in [0.2, 0.25) is 0 Å². The van der Waals surface area contributed by atoms with E-state index in [-0.39, 0.29) is 0 Å². The summed E-state index contributed by atoms with van der Waals surface area (Å²) in [7, 11) is 0. The van der Waals surface area contributed by atoms with Gasteiger partial charge in [-0.1, -0.05) is 23.8 Å². The third kappa shape index (κ3) is 4.30. The number of nitrogens with one attached hydrogen (secondary N) is 2. The number of nitrogens with zero attached hydrogens (tertiary/aromatic N) is 3. The number of benzene rings is 1. The molecule has 3 rings (SSSR count). The maximum Gasteiger partial charge on any atom is 0.158 e. The van der Waals surface area contributed by atoms with E-state index in [1.807, 2.05) is 4.52 Å². The van der Waals surface area contributed by atoms with Crippen molar-refractivity contribution in [3.63, 3.8) is 0 Å². The maximum atomic E-state index is 4.86. The Kier molecular flexibility index (Phi) is 6.11. The van der Waals surface area contributed by atoms with Crippen LogP contribution in [0.4, 0.5) is 5.82 Å². The molecule has 0 aliphatic carbocycles. The lowest BCUT2D eigenvalue weighted by atomic mass is 10.1. The highest BCUT2D eigenvalue weighted by Gasteiger charge is 2.13. The fourth-order valence-corrected chi connectivity index (χ4v) is 3.50. The molecule has 2 aromatic heterocycles. The second-order valence-corrected chi connectivity index (χ2v) is 7.33. The van der Waals surface area contributed by atoms with Crippen molar-refractivity contribution in [2.45, 2.75) is 41.0 Å². The van der Waals surface area contributed by atoms with Gasteiger partial charge in [-0.3, -0.25) is 0 Å². The predicted octanol–water partition coefficient (Wildman–Crippen LogP) is 3.05. The highest BCUT2D eigenvalue weighted by molar-refractivity contribution is 5.67. The van der Waals surface area contributed by atoms with Crippen LogP contribution in [0.25, 0.3) is 16.9 Å². The molecule has 2 heterocycles. The van der Waals surface area contributed by atoms with Crippen LogP contribution in [0.5, 0.6) is 0 Å². The molecule has 2 N–H and O–H groups in total. The third-order valence-electron chi connectivity index (χ3n) is 5.40. The third-order valence-corrected chi connectivity index (χ3v) is 5.40. The van der Waals surface area contributed by atoms with Crippen molar-refractivity contribution >= 4 is 11.5 Å². The molecule has 0 atom stereocenters. The minimum atomic E-state index is 0.895. The number of quaternary nitrogens is 1. The van der Waals surface area contributed by atoms with Crippen molar-refractivity contribution in [3.8, 4) is 11.3 Å². The van der Waals surface area contributed by atoms with E-state index in [2.05, 4.69) is 70.3 Å². The standard InChI is InChI=1S/C22H31N5/c1-6-26(7-2)13-9-12-23-22-17(4)18(5)24-21-15-20(25-27(21)22)19-11-8-10-16(3)14-19/h8,10-11,14-15,23H,6-7,9,12-13H2,1-5H3/p+1. The Hall–Kier alpha value is -2.40. The van der Waals surface area contributed by atoms with Crippen molar-refractivity contribution in [2.75, 3.05) is 31.5 Å². The maximum absolute atomic E-state index is 4.86. The lowest BCUT2D eigenvalue weighted by molar-refractivity contribution is -0.896. The monoisotopic (exact) mass is 366 g/mol. The quantitative estimate of drug-likeness (QED) is 0.603. The van der Waals surface area contributed by atoms with Gasteiger partial charge in [0.05, 0.1) is 25.3 Å². The topological polar surface area (TPSA) is 46.7 Å². The lowest BCUT2D eigenvalue weighted by Gasteiger charge is -2.16. The summed E-state index contributed by atoms with van der Waals surface area (Å²) < 4.78 is 1.96. The number of fused-ring (bicyclic) bond motifs is 1. The first-order valence-corrected chi connectivity index (χ1v) is 10.0. The second-order valence-electron chi connectivity index (χ2n) is 7.33. The van der Waals surface area contributed by atoms with Crippen molar-refractivity contribution in [1.82, 2.24) is 14.6 Å². The molecule has 0 fully saturated rings. The van der Waals surface area contributed by atoms with Crippen LogP contribution in [-0.4, -0.2) is 40.8 Å². The van der Waals surface area contributed by atoms with Gasteiger partial charge in [-0.2, -0.15) is 9.61 Å². The van der Waals surface area contributed by atoms with Gasteiger partial charge in [0, 0.05) is 35.9 Å². The predicted molar refractivity (Wildman–Crippen MR) is 113 cm³/mol. The molecule has 0 radical (unpaired) electrons. The number of hydrogen-bond donors (Lipinski definition) is 2. The van der Waals surface area contributed by atoms with Crippen molar-refractivity contribution in [1.29, 1.82) is 0 Å². The second kappa shape index (κ2) is 8.53. The largest absolute Gasteiger partial charge is 0.369 e. The minimum Gasteiger partial charge on any atom is -0.369 e. The van der Waals surface area contributed by atoms with Crippen LogP contribution in [0, 0.1) is 20.8 Å². The Labute approximate surface area is 162 Å². The number of rotatable bonds is 8. The Morgan fingerprint density at radius 2 is 1.85 bits per heavy atom. The van der Waals surface area contributed by atoms with Gasteiger partial charge in [-0.25, -0.2) is 4.98 Å². The molecule has 0 amide bonds. The zero-order chi connectivity index (χ0) is 19.4. The highest BCUT2D eigenvalue weighted by Crippen LogP contribution is 2.25. The molecule has 3 aromatic rings. The zero-order valence-electron chi connectivity index (χ0n) is 17.3.